The Morgan fingerprint density at radius 2 is 1.41 bits per heavy atom. The highest BCUT2D eigenvalue weighted by atomic mass is 16.5. The van der Waals surface area contributed by atoms with Gasteiger partial charge in [0.25, 0.3) is 0 Å². The fraction of sp³-hybridized carbons (Fsp3) is 0.293. The highest BCUT2D eigenvalue weighted by Gasteiger charge is 2.52. The molecule has 1 aliphatic rings. The second kappa shape index (κ2) is 16.2. The van der Waals surface area contributed by atoms with Gasteiger partial charge in [-0.15, -0.1) is 0 Å². The maximum atomic E-state index is 13.9. The third-order valence-corrected chi connectivity index (χ3v) is 9.30. The smallest absolute Gasteiger partial charge is 0.321 e. The van der Waals surface area contributed by atoms with Crippen LogP contribution in [0, 0.1) is 37.5 Å². The van der Waals surface area contributed by atoms with E-state index in [2.05, 4.69) is 16.7 Å². The largest absolute Gasteiger partial charge is 0.496 e. The molecule has 4 aromatic carbocycles. The van der Waals surface area contributed by atoms with Crippen LogP contribution in [0.2, 0.25) is 0 Å². The minimum atomic E-state index is -1.32. The van der Waals surface area contributed by atoms with Gasteiger partial charge in [-0.1, -0.05) is 67.1 Å². The summed E-state index contributed by atoms with van der Waals surface area (Å²) in [4.78, 5) is 52.8. The van der Waals surface area contributed by atoms with Gasteiger partial charge in [0, 0.05) is 23.4 Å². The van der Waals surface area contributed by atoms with E-state index in [1.165, 1.54) is 0 Å². The molecule has 1 aliphatic carbocycles. The first-order valence-electron chi connectivity index (χ1n) is 16.8. The Balaban J connectivity index is 1.37. The highest BCUT2D eigenvalue weighted by molar-refractivity contribution is 6.10. The van der Waals surface area contributed by atoms with Gasteiger partial charge < -0.3 is 24.8 Å². The van der Waals surface area contributed by atoms with E-state index in [4.69, 9.17) is 14.2 Å². The van der Waals surface area contributed by atoms with Gasteiger partial charge in [0.1, 0.15) is 30.8 Å². The molecular weight excluding hydrogens is 646 g/mol. The van der Waals surface area contributed by atoms with Gasteiger partial charge in [0.05, 0.1) is 18.7 Å². The Hall–Kier alpha value is -5.95. The van der Waals surface area contributed by atoms with Crippen LogP contribution in [0.15, 0.2) is 78.9 Å². The lowest BCUT2D eigenvalue weighted by molar-refractivity contribution is -0.167. The van der Waals surface area contributed by atoms with Crippen LogP contribution >= 0.6 is 0 Å². The van der Waals surface area contributed by atoms with Crippen LogP contribution in [0.25, 0.3) is 0 Å². The Bertz CT molecular complexity index is 1980. The molecule has 1 saturated carbocycles. The summed E-state index contributed by atoms with van der Waals surface area (Å²) in [6, 6.07) is 25.9. The van der Waals surface area contributed by atoms with Crippen LogP contribution in [-0.4, -0.2) is 30.9 Å². The molecule has 0 atom stereocenters. The average molecular weight is 688 g/mol. The number of nitriles is 1. The Kier molecular flexibility index (Phi) is 11.5. The predicted octanol–water partition coefficient (Wildman–Crippen LogP) is 7.01. The third kappa shape index (κ3) is 8.44. The lowest BCUT2D eigenvalue weighted by atomic mass is 9.68. The normalized spacial score (nSPS) is 12.8. The van der Waals surface area contributed by atoms with E-state index in [9.17, 15) is 24.4 Å². The van der Waals surface area contributed by atoms with Crippen molar-refractivity contribution in [3.63, 3.8) is 0 Å². The van der Waals surface area contributed by atoms with Gasteiger partial charge in [-0.25, -0.2) is 0 Å². The number of esters is 2. The molecule has 0 radical (unpaired) electrons. The zero-order valence-corrected chi connectivity index (χ0v) is 29.3. The molecule has 5 rings (SSSR count). The minimum absolute atomic E-state index is 0.0632. The number of benzene rings is 4. The summed E-state index contributed by atoms with van der Waals surface area (Å²) in [6.45, 7) is 5.58. The maximum Gasteiger partial charge on any atom is 0.321 e. The molecule has 0 aliphatic heterocycles. The van der Waals surface area contributed by atoms with Crippen molar-refractivity contribution in [3.05, 3.63) is 123 Å². The number of carbonyl (C=O) groups is 4. The molecule has 1 fully saturated rings. The molecule has 51 heavy (non-hydrogen) atoms. The zero-order chi connectivity index (χ0) is 36.5. The number of hydrogen-bond donors (Lipinski definition) is 2. The van der Waals surface area contributed by atoms with E-state index in [1.54, 1.807) is 32.2 Å². The molecule has 0 bridgehead atoms. The predicted molar refractivity (Wildman–Crippen MR) is 192 cm³/mol. The number of ether oxygens (including phenoxy) is 3. The summed E-state index contributed by atoms with van der Waals surface area (Å²) in [6.07, 6.45) is 1.19. The molecule has 10 heteroatoms. The first kappa shape index (κ1) is 36.3. The molecular formula is C41H41N3O7. The highest BCUT2D eigenvalue weighted by Crippen LogP contribution is 2.44. The molecule has 0 unspecified atom stereocenters. The van der Waals surface area contributed by atoms with E-state index in [0.717, 1.165) is 16.7 Å². The fourth-order valence-electron chi connectivity index (χ4n) is 6.27. The van der Waals surface area contributed by atoms with Crippen LogP contribution in [-0.2, 0) is 48.3 Å². The van der Waals surface area contributed by atoms with Gasteiger partial charge in [0.15, 0.2) is 0 Å². The van der Waals surface area contributed by atoms with Crippen molar-refractivity contribution >= 4 is 35.1 Å². The molecule has 4 aromatic rings. The summed E-state index contributed by atoms with van der Waals surface area (Å²) in [5.74, 6) is -1.67. The van der Waals surface area contributed by atoms with Gasteiger partial charge >= 0.3 is 11.9 Å². The van der Waals surface area contributed by atoms with Crippen LogP contribution in [0.3, 0.4) is 0 Å². The topological polar surface area (TPSA) is 144 Å². The van der Waals surface area contributed by atoms with Crippen molar-refractivity contribution < 1.29 is 33.4 Å². The number of amides is 2. The summed E-state index contributed by atoms with van der Waals surface area (Å²) in [7, 11) is 1.54. The van der Waals surface area contributed by atoms with E-state index >= 15 is 0 Å². The molecule has 0 saturated heterocycles. The van der Waals surface area contributed by atoms with Crippen LogP contribution in [0.1, 0.15) is 70.2 Å². The Labute approximate surface area is 297 Å². The lowest BCUT2D eigenvalue weighted by Crippen LogP contribution is -2.49. The standard InChI is InChI=1S/C41H41N3O7/c1-26-18-31(23-42)20-32(38(26)44-39(47)41(16-11-17-41)40(48)51-25-30-14-9-6-10-15-30)21-33-28(3)37(27(2)19-34(33)49-4)43-35(45)22-36(46)50-24-29-12-7-5-8-13-29/h5-10,12-15,18-20H,11,16-17,21-22,24-25H2,1-4H3,(H,43,45)(H,44,47). The minimum Gasteiger partial charge on any atom is -0.496 e. The molecule has 0 heterocycles. The van der Waals surface area contributed by atoms with Crippen LogP contribution in [0.4, 0.5) is 11.4 Å². The maximum absolute atomic E-state index is 13.9. The van der Waals surface area contributed by atoms with Gasteiger partial charge in [-0.05, 0) is 85.2 Å². The number of carbonyl (C=O) groups excluding carboxylic acids is 4. The summed E-state index contributed by atoms with van der Waals surface area (Å²) in [5, 5.41) is 15.7. The van der Waals surface area contributed by atoms with Crippen molar-refractivity contribution in [2.24, 2.45) is 5.41 Å². The monoisotopic (exact) mass is 687 g/mol. The number of hydrogen-bond acceptors (Lipinski definition) is 8. The lowest BCUT2D eigenvalue weighted by Gasteiger charge is -2.37. The van der Waals surface area contributed by atoms with Crippen molar-refractivity contribution in [1.29, 1.82) is 5.26 Å². The SMILES string of the molecule is COc1cc(C)c(NC(=O)CC(=O)OCc2ccccc2)c(C)c1Cc1cc(C#N)cc(C)c1NC(=O)C1(C(=O)OCc2ccccc2)CCC1. The number of rotatable bonds is 13. The van der Waals surface area contributed by atoms with Crippen molar-refractivity contribution in [3.8, 4) is 11.8 Å². The summed E-state index contributed by atoms with van der Waals surface area (Å²) >= 11 is 0. The Morgan fingerprint density at radius 3 is 1.98 bits per heavy atom. The molecule has 2 N–H and O–H groups in total. The second-order valence-corrected chi connectivity index (χ2v) is 12.8. The zero-order valence-electron chi connectivity index (χ0n) is 29.3. The number of aryl methyl sites for hydroxylation is 2. The third-order valence-electron chi connectivity index (χ3n) is 9.30. The number of anilines is 2. The Morgan fingerprint density at radius 1 is 0.804 bits per heavy atom. The number of nitrogens with one attached hydrogen (secondary N) is 2. The van der Waals surface area contributed by atoms with Crippen molar-refractivity contribution in [2.45, 2.75) is 66.1 Å². The van der Waals surface area contributed by atoms with E-state index in [0.29, 0.717) is 64.2 Å². The second-order valence-electron chi connectivity index (χ2n) is 12.8. The van der Waals surface area contributed by atoms with Gasteiger partial charge in [-0.2, -0.15) is 5.26 Å². The number of methoxy groups -OCH3 is 1. The number of nitrogens with zero attached hydrogens (tertiary/aromatic N) is 1. The summed E-state index contributed by atoms with van der Waals surface area (Å²) in [5.41, 5.74) is 5.10. The molecule has 10 nitrogen and oxygen atoms in total. The molecule has 0 aromatic heterocycles. The van der Waals surface area contributed by atoms with Crippen LogP contribution in [0.5, 0.6) is 5.75 Å². The van der Waals surface area contributed by atoms with Gasteiger partial charge in [0.2, 0.25) is 11.8 Å². The summed E-state index contributed by atoms with van der Waals surface area (Å²) < 4.78 is 16.7. The molecule has 0 spiro atoms. The quantitative estimate of drug-likeness (QED) is 0.113. The van der Waals surface area contributed by atoms with Crippen molar-refractivity contribution in [1.82, 2.24) is 0 Å². The average Bonchev–Trinajstić information content (AvgIpc) is 3.10. The molecule has 2 amide bonds. The fourth-order valence-corrected chi connectivity index (χ4v) is 6.27. The van der Waals surface area contributed by atoms with E-state index in [1.807, 2.05) is 74.5 Å². The van der Waals surface area contributed by atoms with Crippen molar-refractivity contribution in [2.75, 3.05) is 17.7 Å². The van der Waals surface area contributed by atoms with Crippen LogP contribution < -0.4 is 15.4 Å². The first-order chi connectivity index (χ1) is 24.5. The molecule has 262 valence electrons. The van der Waals surface area contributed by atoms with Gasteiger partial charge in [-0.3, -0.25) is 19.2 Å². The first-order valence-corrected chi connectivity index (χ1v) is 16.8. The van der Waals surface area contributed by atoms with E-state index < -0.39 is 35.6 Å². The van der Waals surface area contributed by atoms with E-state index in [-0.39, 0.29) is 19.6 Å².